The van der Waals surface area contributed by atoms with E-state index in [1.54, 1.807) is 25.4 Å². The zero-order chi connectivity index (χ0) is 19.6. The molecule has 3 rings (SSSR count). The number of hydrogen-bond donors (Lipinski definition) is 1. The van der Waals surface area contributed by atoms with Gasteiger partial charge in [0.15, 0.2) is 5.56 Å². The summed E-state index contributed by atoms with van der Waals surface area (Å²) in [6, 6.07) is 11.5. The third-order valence-corrected chi connectivity index (χ3v) is 4.16. The van der Waals surface area contributed by atoms with Crippen molar-refractivity contribution >= 4 is 36.0 Å². The molecule has 28 heavy (non-hydrogen) atoms. The molecule has 0 aliphatic heterocycles. The van der Waals surface area contributed by atoms with E-state index >= 15 is 0 Å². The number of fused-ring (bicyclic) bond motifs is 1. The molecular formula is C20H15BF2N3ORb. The van der Waals surface area contributed by atoms with Crippen LogP contribution in [0, 0.1) is 17.7 Å². The zero-order valence-electron chi connectivity index (χ0n) is 15.5. The number of nitrogens with zero attached hydrogens (tertiary/aromatic N) is 2. The van der Waals surface area contributed by atoms with Crippen molar-refractivity contribution in [2.75, 3.05) is 7.05 Å². The van der Waals surface area contributed by atoms with Gasteiger partial charge in [0.25, 0.3) is 0 Å². The number of benzene rings is 2. The number of halogens is 2. The number of aromatic nitrogens is 1. The van der Waals surface area contributed by atoms with Crippen molar-refractivity contribution in [1.29, 1.82) is 0 Å². The quantitative estimate of drug-likeness (QED) is 0.315. The number of hydrogen-bond acceptors (Lipinski definition) is 3. The summed E-state index contributed by atoms with van der Waals surface area (Å²) < 4.78 is 29.1. The Kier molecular flexibility index (Phi) is 8.07. The summed E-state index contributed by atoms with van der Waals surface area (Å²) in [5.74, 6) is -1.62. The summed E-state index contributed by atoms with van der Waals surface area (Å²) in [7, 11) is 7.35. The maximum absolute atomic E-state index is 14.1. The second kappa shape index (κ2) is 9.87. The molecular weight excluding hydrogens is 433 g/mol. The van der Waals surface area contributed by atoms with Gasteiger partial charge in [0.05, 0.1) is 13.7 Å². The van der Waals surface area contributed by atoms with Gasteiger partial charge in [0.2, 0.25) is 0 Å². The van der Waals surface area contributed by atoms with Crippen LogP contribution in [0.3, 0.4) is 0 Å². The number of pyridine rings is 1. The molecule has 8 heteroatoms. The van der Waals surface area contributed by atoms with Crippen LogP contribution < -0.4 is 74.9 Å². The van der Waals surface area contributed by atoms with Crippen LogP contribution in [0.15, 0.2) is 52.4 Å². The van der Waals surface area contributed by atoms with Gasteiger partial charge in [-0.3, -0.25) is 9.79 Å². The fourth-order valence-corrected chi connectivity index (χ4v) is 2.89. The molecule has 0 spiro atoms. The van der Waals surface area contributed by atoms with Gasteiger partial charge in [-0.1, -0.05) is 24.3 Å². The van der Waals surface area contributed by atoms with E-state index in [2.05, 4.69) is 11.1 Å². The van der Waals surface area contributed by atoms with Crippen LogP contribution >= 0.6 is 0 Å². The van der Waals surface area contributed by atoms with Crippen LogP contribution in [0.5, 0.6) is 0 Å². The van der Waals surface area contributed by atoms with E-state index < -0.39 is 17.2 Å². The molecule has 0 saturated heterocycles. The molecule has 1 aromatic heterocycles. The predicted molar refractivity (Wildman–Crippen MR) is 104 cm³/mol. The van der Waals surface area contributed by atoms with E-state index in [9.17, 15) is 13.6 Å². The average molecular weight is 448 g/mol. The van der Waals surface area contributed by atoms with E-state index in [0.717, 1.165) is 28.8 Å². The Balaban J connectivity index is 0.00000280. The first kappa shape index (κ1) is 22.9. The first-order valence-corrected chi connectivity index (χ1v) is 8.08. The van der Waals surface area contributed by atoms with Crippen molar-refractivity contribution in [1.82, 2.24) is 4.57 Å². The Morgan fingerprint density at radius 1 is 1.29 bits per heavy atom. The molecule has 134 valence electrons. The number of rotatable bonds is 4. The van der Waals surface area contributed by atoms with Gasteiger partial charge in [0.1, 0.15) is 5.82 Å². The summed E-state index contributed by atoms with van der Waals surface area (Å²) in [5, 5.41) is -0.0277. The Hall–Kier alpha value is -1.41. The molecule has 0 saturated carbocycles. The fourth-order valence-electron chi connectivity index (χ4n) is 2.89. The molecule has 4 nitrogen and oxygen atoms in total. The number of nitrogens with two attached hydrogens (primary N) is 1. The third kappa shape index (κ3) is 4.76. The minimum absolute atomic E-state index is 0. The second-order valence-corrected chi connectivity index (χ2v) is 5.92. The molecule has 0 bridgehead atoms. The minimum atomic E-state index is -0.834. The summed E-state index contributed by atoms with van der Waals surface area (Å²) in [6.07, 6.45) is 3.08. The molecule has 1 heterocycles. The predicted octanol–water partition coefficient (Wildman–Crippen LogP) is -1.07. The van der Waals surface area contributed by atoms with Crippen LogP contribution in [0.4, 0.5) is 8.78 Å². The molecule has 0 aliphatic rings. The molecule has 0 atom stereocenters. The van der Waals surface area contributed by atoms with Gasteiger partial charge in [-0.15, -0.1) is 5.39 Å². The van der Waals surface area contributed by atoms with Crippen molar-refractivity contribution in [3.05, 3.63) is 81.8 Å². The van der Waals surface area contributed by atoms with E-state index in [1.165, 1.54) is 10.8 Å². The molecule has 2 N–H and O–H groups in total. The smallest absolute Gasteiger partial charge is 0.404 e. The van der Waals surface area contributed by atoms with Crippen LogP contribution in [0.1, 0.15) is 11.1 Å². The molecule has 3 aromatic rings. The Labute approximate surface area is 211 Å². The van der Waals surface area contributed by atoms with Crippen molar-refractivity contribution in [3.63, 3.8) is 0 Å². The standard InChI is InChI=1S/C20H15BF2N3O.Rb/c1-25-10-14(9-24)13-4-2-12(3-5-13)11-26-18-7-15(22)6-17(23)20(18)16(21)8-19(26)27;/h2-7,9-10H,11,24H2,1H3;/q-1;+1/b14-9+,25-10?;. The number of allylic oxidation sites excluding steroid dienone is 1. The van der Waals surface area contributed by atoms with Crippen molar-refractivity contribution in [3.8, 4) is 0 Å². The molecule has 0 unspecified atom stereocenters. The molecule has 0 aliphatic carbocycles. The molecule has 2 aromatic carbocycles. The Morgan fingerprint density at radius 3 is 2.57 bits per heavy atom. The first-order valence-electron chi connectivity index (χ1n) is 8.08. The minimum Gasteiger partial charge on any atom is -0.404 e. The van der Waals surface area contributed by atoms with Gasteiger partial charge in [0, 0.05) is 31.6 Å². The van der Waals surface area contributed by atoms with Crippen LogP contribution in [0.2, 0.25) is 0 Å². The molecule has 0 fully saturated rings. The Morgan fingerprint density at radius 2 is 1.96 bits per heavy atom. The largest absolute Gasteiger partial charge is 1.00 e. The van der Waals surface area contributed by atoms with Gasteiger partial charge in [-0.05, 0) is 28.8 Å². The maximum Gasteiger partial charge on any atom is 1.00 e. The SMILES string of the molecule is [B]c1[c-]c(=O)n(Cc2ccc(/C(C=NC)=C/N)cc2)c2cc(F)cc(F)c12.[Rb+]. The fraction of sp³-hybridized carbons (Fsp3) is 0.100. The van der Waals surface area contributed by atoms with E-state index in [4.69, 9.17) is 13.6 Å². The van der Waals surface area contributed by atoms with E-state index in [1.807, 2.05) is 12.1 Å². The average Bonchev–Trinajstić information content (AvgIpc) is 2.63. The van der Waals surface area contributed by atoms with Crippen molar-refractivity contribution in [2.24, 2.45) is 10.7 Å². The van der Waals surface area contributed by atoms with Gasteiger partial charge in [-0.2, -0.15) is 6.07 Å². The van der Waals surface area contributed by atoms with Gasteiger partial charge in [-0.25, -0.2) is 14.2 Å². The summed E-state index contributed by atoms with van der Waals surface area (Å²) >= 11 is 0. The summed E-state index contributed by atoms with van der Waals surface area (Å²) in [5.41, 5.74) is 7.33. The molecule has 2 radical (unpaired) electrons. The first-order chi connectivity index (χ1) is 12.9. The summed E-state index contributed by atoms with van der Waals surface area (Å²) in [4.78, 5) is 16.3. The van der Waals surface area contributed by atoms with Crippen LogP contribution in [-0.4, -0.2) is 25.7 Å². The van der Waals surface area contributed by atoms with E-state index in [0.29, 0.717) is 0 Å². The number of aliphatic imine (C=N–C) groups is 1. The van der Waals surface area contributed by atoms with Crippen LogP contribution in [0.25, 0.3) is 16.5 Å². The van der Waals surface area contributed by atoms with E-state index in [-0.39, 0.29) is 81.1 Å². The normalized spacial score (nSPS) is 11.8. The van der Waals surface area contributed by atoms with Gasteiger partial charge >= 0.3 is 58.2 Å². The van der Waals surface area contributed by atoms with Crippen LogP contribution in [-0.2, 0) is 6.54 Å². The zero-order valence-corrected chi connectivity index (χ0v) is 20.5. The topological polar surface area (TPSA) is 60.4 Å². The monoisotopic (exact) mass is 447 g/mol. The van der Waals surface area contributed by atoms with Crippen molar-refractivity contribution in [2.45, 2.75) is 6.54 Å². The Bertz CT molecular complexity index is 1120. The molecule has 0 amide bonds. The summed E-state index contributed by atoms with van der Waals surface area (Å²) in [6.45, 7) is 0.110. The second-order valence-electron chi connectivity index (χ2n) is 5.92. The van der Waals surface area contributed by atoms with Gasteiger partial charge < -0.3 is 10.3 Å². The maximum atomic E-state index is 14.1. The third-order valence-electron chi connectivity index (χ3n) is 4.16. The van der Waals surface area contributed by atoms with Crippen molar-refractivity contribution < 1.29 is 67.0 Å².